The first-order chi connectivity index (χ1) is 8.65. The molecular formula is C15H19FN2. The molecule has 1 aliphatic carbocycles. The highest BCUT2D eigenvalue weighted by atomic mass is 19.1. The number of hydrogen-bond acceptors (Lipinski definition) is 1. The van der Waals surface area contributed by atoms with Gasteiger partial charge in [-0.3, -0.25) is 0 Å². The Morgan fingerprint density at radius 3 is 2.83 bits per heavy atom. The topological polar surface area (TPSA) is 19.0 Å². The number of aromatic nitrogens is 1. The molecule has 2 nitrogen and oxygen atoms in total. The molecule has 0 bridgehead atoms. The summed E-state index contributed by atoms with van der Waals surface area (Å²) in [5.41, 5.74) is 2.33. The van der Waals surface area contributed by atoms with Gasteiger partial charge < -0.3 is 9.88 Å². The largest absolute Gasteiger partial charge is 0.361 e. The van der Waals surface area contributed by atoms with Crippen LogP contribution in [0.4, 0.5) is 4.39 Å². The highest BCUT2D eigenvalue weighted by Crippen LogP contribution is 2.39. The van der Waals surface area contributed by atoms with Gasteiger partial charge in [0, 0.05) is 23.1 Å². The Labute approximate surface area is 107 Å². The molecule has 18 heavy (non-hydrogen) atoms. The summed E-state index contributed by atoms with van der Waals surface area (Å²) in [4.78, 5) is 5.56. The Hall–Kier alpha value is -1.35. The molecule has 0 unspecified atom stereocenters. The number of nitrogens with one attached hydrogen (secondary N) is 1. The van der Waals surface area contributed by atoms with Crippen molar-refractivity contribution in [3.05, 3.63) is 35.8 Å². The molecule has 0 spiro atoms. The lowest BCUT2D eigenvalue weighted by molar-refractivity contribution is 0.297. The van der Waals surface area contributed by atoms with E-state index in [0.717, 1.165) is 10.9 Å². The van der Waals surface area contributed by atoms with Crippen LogP contribution in [0, 0.1) is 5.82 Å². The van der Waals surface area contributed by atoms with E-state index in [1.807, 2.05) is 6.07 Å². The zero-order chi connectivity index (χ0) is 12.7. The number of fused-ring (bicyclic) bond motifs is 1. The van der Waals surface area contributed by atoms with E-state index in [-0.39, 0.29) is 5.82 Å². The van der Waals surface area contributed by atoms with E-state index in [2.05, 4.69) is 30.2 Å². The molecule has 2 atom stereocenters. The minimum atomic E-state index is -0.148. The highest BCUT2D eigenvalue weighted by molar-refractivity contribution is 5.83. The summed E-state index contributed by atoms with van der Waals surface area (Å²) in [6.07, 6.45) is 5.68. The SMILES string of the molecule is CN(C)[C@H]1CC[C@H](c2c[nH]c3ccc(F)cc23)C1. The van der Waals surface area contributed by atoms with Crippen molar-refractivity contribution < 1.29 is 4.39 Å². The van der Waals surface area contributed by atoms with Crippen molar-refractivity contribution in [1.29, 1.82) is 0 Å². The van der Waals surface area contributed by atoms with Crippen molar-refractivity contribution in [3.63, 3.8) is 0 Å². The van der Waals surface area contributed by atoms with Gasteiger partial charge in [-0.25, -0.2) is 4.39 Å². The van der Waals surface area contributed by atoms with Crippen LogP contribution in [0.2, 0.25) is 0 Å². The number of aromatic amines is 1. The highest BCUT2D eigenvalue weighted by Gasteiger charge is 2.28. The zero-order valence-electron chi connectivity index (χ0n) is 10.9. The van der Waals surface area contributed by atoms with Crippen molar-refractivity contribution in [2.45, 2.75) is 31.2 Å². The maximum absolute atomic E-state index is 13.4. The predicted octanol–water partition coefficient (Wildman–Crippen LogP) is 3.50. The maximum atomic E-state index is 13.4. The van der Waals surface area contributed by atoms with E-state index < -0.39 is 0 Å². The molecule has 1 aromatic heterocycles. The van der Waals surface area contributed by atoms with Crippen molar-refractivity contribution in [2.75, 3.05) is 14.1 Å². The first-order valence-electron chi connectivity index (χ1n) is 6.58. The Balaban J connectivity index is 1.93. The van der Waals surface area contributed by atoms with E-state index in [4.69, 9.17) is 0 Å². The molecule has 0 aliphatic heterocycles. The molecule has 1 aliphatic rings. The van der Waals surface area contributed by atoms with E-state index in [0.29, 0.717) is 12.0 Å². The van der Waals surface area contributed by atoms with Gasteiger partial charge in [-0.05, 0) is 63.0 Å². The molecular weight excluding hydrogens is 227 g/mol. The molecule has 1 fully saturated rings. The molecule has 96 valence electrons. The molecule has 2 aromatic rings. The predicted molar refractivity (Wildman–Crippen MR) is 72.3 cm³/mol. The van der Waals surface area contributed by atoms with Crippen LogP contribution in [-0.4, -0.2) is 30.0 Å². The van der Waals surface area contributed by atoms with Gasteiger partial charge in [-0.2, -0.15) is 0 Å². The van der Waals surface area contributed by atoms with Crippen LogP contribution in [0.1, 0.15) is 30.7 Å². The minimum absolute atomic E-state index is 0.148. The molecule has 1 saturated carbocycles. The molecule has 3 heteroatoms. The monoisotopic (exact) mass is 246 g/mol. The fourth-order valence-electron chi connectivity index (χ4n) is 3.16. The van der Waals surface area contributed by atoms with Crippen LogP contribution in [0.25, 0.3) is 10.9 Å². The van der Waals surface area contributed by atoms with Crippen molar-refractivity contribution in [2.24, 2.45) is 0 Å². The van der Waals surface area contributed by atoms with Gasteiger partial charge in [0.1, 0.15) is 5.82 Å². The zero-order valence-corrected chi connectivity index (χ0v) is 10.9. The van der Waals surface area contributed by atoms with Gasteiger partial charge in [-0.15, -0.1) is 0 Å². The summed E-state index contributed by atoms with van der Waals surface area (Å²) in [5, 5.41) is 1.06. The average molecular weight is 246 g/mol. The van der Waals surface area contributed by atoms with Crippen LogP contribution in [-0.2, 0) is 0 Å². The van der Waals surface area contributed by atoms with Gasteiger partial charge in [-0.1, -0.05) is 0 Å². The second-order valence-electron chi connectivity index (χ2n) is 5.56. The summed E-state index contributed by atoms with van der Waals surface area (Å²) < 4.78 is 13.4. The summed E-state index contributed by atoms with van der Waals surface area (Å²) in [6.45, 7) is 0. The van der Waals surface area contributed by atoms with Gasteiger partial charge in [0.15, 0.2) is 0 Å². The van der Waals surface area contributed by atoms with E-state index in [9.17, 15) is 4.39 Å². The molecule has 3 rings (SSSR count). The van der Waals surface area contributed by atoms with Crippen molar-refractivity contribution >= 4 is 10.9 Å². The Morgan fingerprint density at radius 1 is 1.28 bits per heavy atom. The third kappa shape index (κ3) is 1.93. The van der Waals surface area contributed by atoms with Crippen LogP contribution < -0.4 is 0 Å². The van der Waals surface area contributed by atoms with Crippen molar-refractivity contribution in [3.8, 4) is 0 Å². The normalized spacial score (nSPS) is 24.2. The number of hydrogen-bond donors (Lipinski definition) is 1. The first kappa shape index (κ1) is 11.7. The smallest absolute Gasteiger partial charge is 0.123 e. The van der Waals surface area contributed by atoms with E-state index >= 15 is 0 Å². The molecule has 1 N–H and O–H groups in total. The third-order valence-corrected chi connectivity index (χ3v) is 4.25. The first-order valence-corrected chi connectivity index (χ1v) is 6.58. The molecule has 0 radical (unpaired) electrons. The average Bonchev–Trinajstić information content (AvgIpc) is 2.93. The van der Waals surface area contributed by atoms with Crippen LogP contribution in [0.5, 0.6) is 0 Å². The Kier molecular flexibility index (Phi) is 2.86. The van der Waals surface area contributed by atoms with Crippen LogP contribution in [0.15, 0.2) is 24.4 Å². The van der Waals surface area contributed by atoms with Gasteiger partial charge in [0.2, 0.25) is 0 Å². The Bertz CT molecular complexity index is 559. The van der Waals surface area contributed by atoms with Gasteiger partial charge >= 0.3 is 0 Å². The quantitative estimate of drug-likeness (QED) is 0.859. The summed E-state index contributed by atoms with van der Waals surface area (Å²) in [5.74, 6) is 0.415. The number of nitrogens with zero attached hydrogens (tertiary/aromatic N) is 1. The lowest BCUT2D eigenvalue weighted by Crippen LogP contribution is -2.24. The molecule has 0 amide bonds. The second kappa shape index (κ2) is 4.39. The summed E-state index contributed by atoms with van der Waals surface area (Å²) >= 11 is 0. The molecule has 1 aromatic carbocycles. The van der Waals surface area contributed by atoms with Crippen LogP contribution in [0.3, 0.4) is 0 Å². The van der Waals surface area contributed by atoms with Crippen LogP contribution >= 0.6 is 0 Å². The van der Waals surface area contributed by atoms with E-state index in [1.165, 1.54) is 30.9 Å². The standard InChI is InChI=1S/C15H19FN2/c1-18(2)12-5-3-10(7-12)14-9-17-15-6-4-11(16)8-13(14)15/h4,6,8-10,12,17H,3,5,7H2,1-2H3/t10-,12-/m0/s1. The van der Waals surface area contributed by atoms with Gasteiger partial charge in [0.25, 0.3) is 0 Å². The lowest BCUT2D eigenvalue weighted by atomic mass is 9.97. The number of rotatable bonds is 2. The Morgan fingerprint density at radius 2 is 2.11 bits per heavy atom. The molecule has 1 heterocycles. The van der Waals surface area contributed by atoms with E-state index in [1.54, 1.807) is 6.07 Å². The fraction of sp³-hybridized carbons (Fsp3) is 0.467. The summed E-state index contributed by atoms with van der Waals surface area (Å²) in [7, 11) is 4.28. The summed E-state index contributed by atoms with van der Waals surface area (Å²) in [6, 6.07) is 5.66. The number of halogens is 1. The lowest BCUT2D eigenvalue weighted by Gasteiger charge is -2.18. The third-order valence-electron chi connectivity index (χ3n) is 4.25. The number of H-pyrrole nitrogens is 1. The molecule has 0 saturated heterocycles. The maximum Gasteiger partial charge on any atom is 0.123 e. The second-order valence-corrected chi connectivity index (χ2v) is 5.56. The van der Waals surface area contributed by atoms with Gasteiger partial charge in [0.05, 0.1) is 0 Å². The van der Waals surface area contributed by atoms with Crippen molar-refractivity contribution in [1.82, 2.24) is 9.88 Å². The minimum Gasteiger partial charge on any atom is -0.361 e. The number of benzene rings is 1. The fourth-order valence-corrected chi connectivity index (χ4v) is 3.16.